The van der Waals surface area contributed by atoms with E-state index in [2.05, 4.69) is 10.3 Å². The first-order valence-electron chi connectivity index (χ1n) is 6.22. The van der Waals surface area contributed by atoms with Crippen molar-refractivity contribution in [2.75, 3.05) is 13.6 Å². The quantitative estimate of drug-likeness (QED) is 0.797. The SMILES string of the molecule is CN(CC(=O)NC1CC1)C(=O)c1ncccc1C(=O)O. The van der Waals surface area contributed by atoms with Crippen molar-refractivity contribution in [1.29, 1.82) is 0 Å². The lowest BCUT2D eigenvalue weighted by Gasteiger charge is -2.17. The van der Waals surface area contributed by atoms with Gasteiger partial charge in [0.15, 0.2) is 0 Å². The van der Waals surface area contributed by atoms with Crippen LogP contribution in [0, 0.1) is 0 Å². The van der Waals surface area contributed by atoms with Gasteiger partial charge in [-0.3, -0.25) is 14.6 Å². The van der Waals surface area contributed by atoms with Crippen LogP contribution < -0.4 is 5.32 Å². The molecule has 0 saturated heterocycles. The van der Waals surface area contributed by atoms with E-state index in [0.717, 1.165) is 17.7 Å². The van der Waals surface area contributed by atoms with E-state index < -0.39 is 11.9 Å². The zero-order chi connectivity index (χ0) is 14.7. The van der Waals surface area contributed by atoms with Crippen LogP contribution in [-0.2, 0) is 4.79 Å². The molecule has 0 atom stereocenters. The normalized spacial score (nSPS) is 13.7. The van der Waals surface area contributed by atoms with Gasteiger partial charge in [-0.1, -0.05) is 0 Å². The monoisotopic (exact) mass is 277 g/mol. The lowest BCUT2D eigenvalue weighted by Crippen LogP contribution is -2.39. The second-order valence-electron chi connectivity index (χ2n) is 4.71. The first-order valence-corrected chi connectivity index (χ1v) is 6.22. The number of rotatable bonds is 5. The Bertz CT molecular complexity index is 554. The average Bonchev–Trinajstić information content (AvgIpc) is 3.21. The number of carbonyl (C=O) groups excluding carboxylic acids is 2. The summed E-state index contributed by atoms with van der Waals surface area (Å²) >= 11 is 0. The Morgan fingerprint density at radius 2 is 2.15 bits per heavy atom. The Morgan fingerprint density at radius 3 is 2.75 bits per heavy atom. The predicted octanol–water partition coefficient (Wildman–Crippen LogP) is 0.130. The molecule has 0 bridgehead atoms. The van der Waals surface area contributed by atoms with E-state index in [1.54, 1.807) is 0 Å². The highest BCUT2D eigenvalue weighted by Crippen LogP contribution is 2.18. The van der Waals surface area contributed by atoms with Crippen LogP contribution >= 0.6 is 0 Å². The summed E-state index contributed by atoms with van der Waals surface area (Å²) in [5.74, 6) is -2.07. The molecule has 1 aromatic heterocycles. The van der Waals surface area contributed by atoms with Crippen LogP contribution in [0.5, 0.6) is 0 Å². The molecule has 106 valence electrons. The Balaban J connectivity index is 2.05. The smallest absolute Gasteiger partial charge is 0.338 e. The van der Waals surface area contributed by atoms with E-state index in [-0.39, 0.29) is 29.8 Å². The van der Waals surface area contributed by atoms with E-state index >= 15 is 0 Å². The fourth-order valence-corrected chi connectivity index (χ4v) is 1.72. The molecule has 0 aromatic carbocycles. The molecule has 0 radical (unpaired) electrons. The van der Waals surface area contributed by atoms with Crippen molar-refractivity contribution in [1.82, 2.24) is 15.2 Å². The van der Waals surface area contributed by atoms with Gasteiger partial charge in [0.2, 0.25) is 5.91 Å². The summed E-state index contributed by atoms with van der Waals surface area (Å²) in [6, 6.07) is 2.97. The molecule has 1 heterocycles. The van der Waals surface area contributed by atoms with Crippen molar-refractivity contribution in [2.24, 2.45) is 0 Å². The van der Waals surface area contributed by atoms with E-state index in [0.29, 0.717) is 0 Å². The molecule has 0 spiro atoms. The molecule has 1 aromatic rings. The Labute approximate surface area is 115 Å². The zero-order valence-electron chi connectivity index (χ0n) is 11.0. The van der Waals surface area contributed by atoms with Gasteiger partial charge in [-0.25, -0.2) is 4.79 Å². The Morgan fingerprint density at radius 1 is 1.45 bits per heavy atom. The van der Waals surface area contributed by atoms with Crippen LogP contribution in [0.2, 0.25) is 0 Å². The summed E-state index contributed by atoms with van der Waals surface area (Å²) in [5.41, 5.74) is -0.339. The molecule has 7 heteroatoms. The fraction of sp³-hybridized carbons (Fsp3) is 0.385. The van der Waals surface area contributed by atoms with Gasteiger partial charge in [0.05, 0.1) is 12.1 Å². The third-order valence-electron chi connectivity index (χ3n) is 2.91. The standard InChI is InChI=1S/C13H15N3O4/c1-16(7-10(17)15-8-4-5-8)12(18)11-9(13(19)20)3-2-6-14-11/h2-3,6,8H,4-5,7H2,1H3,(H,15,17)(H,19,20). The summed E-state index contributed by atoms with van der Waals surface area (Å²) < 4.78 is 0. The largest absolute Gasteiger partial charge is 0.478 e. The number of likely N-dealkylation sites (N-methyl/N-ethyl adjacent to an activating group) is 1. The summed E-state index contributed by atoms with van der Waals surface area (Å²) in [5, 5.41) is 11.8. The third-order valence-corrected chi connectivity index (χ3v) is 2.91. The second kappa shape index (κ2) is 5.68. The van der Waals surface area contributed by atoms with Crippen LogP contribution in [0.4, 0.5) is 0 Å². The minimum Gasteiger partial charge on any atom is -0.478 e. The molecule has 2 N–H and O–H groups in total. The van der Waals surface area contributed by atoms with Crippen molar-refractivity contribution in [3.63, 3.8) is 0 Å². The molecule has 1 saturated carbocycles. The zero-order valence-corrected chi connectivity index (χ0v) is 11.0. The summed E-state index contributed by atoms with van der Waals surface area (Å²) in [4.78, 5) is 39.7. The summed E-state index contributed by atoms with van der Waals surface area (Å²) in [6.45, 7) is -0.120. The lowest BCUT2D eigenvalue weighted by molar-refractivity contribution is -0.121. The van der Waals surface area contributed by atoms with Gasteiger partial charge in [-0.2, -0.15) is 0 Å². The molecular weight excluding hydrogens is 262 g/mol. The molecule has 0 unspecified atom stereocenters. The van der Waals surface area contributed by atoms with Crippen molar-refractivity contribution >= 4 is 17.8 Å². The number of amides is 2. The van der Waals surface area contributed by atoms with E-state index in [1.165, 1.54) is 25.4 Å². The number of aromatic nitrogens is 1. The molecule has 20 heavy (non-hydrogen) atoms. The van der Waals surface area contributed by atoms with Crippen molar-refractivity contribution in [3.05, 3.63) is 29.6 Å². The lowest BCUT2D eigenvalue weighted by atomic mass is 10.2. The van der Waals surface area contributed by atoms with Crippen LogP contribution in [0.3, 0.4) is 0 Å². The summed E-state index contributed by atoms with van der Waals surface area (Å²) in [7, 11) is 1.44. The van der Waals surface area contributed by atoms with Gasteiger partial charge >= 0.3 is 5.97 Å². The molecular formula is C13H15N3O4. The molecule has 0 aliphatic heterocycles. The molecule has 2 rings (SSSR count). The number of aromatic carboxylic acids is 1. The van der Waals surface area contributed by atoms with Crippen LogP contribution in [0.1, 0.15) is 33.7 Å². The maximum atomic E-state index is 12.1. The van der Waals surface area contributed by atoms with Crippen molar-refractivity contribution in [3.8, 4) is 0 Å². The van der Waals surface area contributed by atoms with Gasteiger partial charge < -0.3 is 15.3 Å². The maximum absolute atomic E-state index is 12.1. The first kappa shape index (κ1) is 14.0. The van der Waals surface area contributed by atoms with Crippen LogP contribution in [0.15, 0.2) is 18.3 Å². The number of nitrogens with zero attached hydrogens (tertiary/aromatic N) is 2. The summed E-state index contributed by atoms with van der Waals surface area (Å²) in [6.07, 6.45) is 3.28. The molecule has 2 amide bonds. The fourth-order valence-electron chi connectivity index (χ4n) is 1.72. The first-order chi connectivity index (χ1) is 9.49. The van der Waals surface area contributed by atoms with Gasteiger partial charge in [-0.05, 0) is 25.0 Å². The van der Waals surface area contributed by atoms with E-state index in [4.69, 9.17) is 5.11 Å². The molecule has 1 fully saturated rings. The Hall–Kier alpha value is -2.44. The van der Waals surface area contributed by atoms with Crippen molar-refractivity contribution in [2.45, 2.75) is 18.9 Å². The third kappa shape index (κ3) is 3.31. The number of nitrogens with one attached hydrogen (secondary N) is 1. The highest BCUT2D eigenvalue weighted by Gasteiger charge is 2.26. The number of hydrogen-bond donors (Lipinski definition) is 2. The van der Waals surface area contributed by atoms with Crippen LogP contribution in [0.25, 0.3) is 0 Å². The van der Waals surface area contributed by atoms with Crippen LogP contribution in [-0.4, -0.2) is 52.4 Å². The second-order valence-corrected chi connectivity index (χ2v) is 4.71. The predicted molar refractivity (Wildman–Crippen MR) is 69.3 cm³/mol. The van der Waals surface area contributed by atoms with Gasteiger partial charge in [0.1, 0.15) is 5.69 Å². The minimum atomic E-state index is -1.22. The highest BCUT2D eigenvalue weighted by atomic mass is 16.4. The molecule has 7 nitrogen and oxygen atoms in total. The van der Waals surface area contributed by atoms with E-state index in [1.807, 2.05) is 0 Å². The molecule has 1 aliphatic carbocycles. The number of pyridine rings is 1. The van der Waals surface area contributed by atoms with Crippen molar-refractivity contribution < 1.29 is 19.5 Å². The van der Waals surface area contributed by atoms with Gasteiger partial charge in [0.25, 0.3) is 5.91 Å². The minimum absolute atomic E-state index is 0.120. The topological polar surface area (TPSA) is 99.6 Å². The molecule has 1 aliphatic rings. The number of hydrogen-bond acceptors (Lipinski definition) is 4. The van der Waals surface area contributed by atoms with Gasteiger partial charge in [-0.15, -0.1) is 0 Å². The number of carboxylic acids is 1. The van der Waals surface area contributed by atoms with E-state index in [9.17, 15) is 14.4 Å². The Kier molecular flexibility index (Phi) is 3.97. The average molecular weight is 277 g/mol. The number of carbonyl (C=O) groups is 3. The highest BCUT2D eigenvalue weighted by molar-refractivity contribution is 6.04. The maximum Gasteiger partial charge on any atom is 0.338 e. The number of carboxylic acid groups (broad SMARTS) is 1. The van der Waals surface area contributed by atoms with Gasteiger partial charge in [0, 0.05) is 19.3 Å².